The first-order valence-corrected chi connectivity index (χ1v) is 10.7. The number of hydrogen-bond acceptors (Lipinski definition) is 8. The maximum absolute atomic E-state index is 13.0. The summed E-state index contributed by atoms with van der Waals surface area (Å²) in [5, 5.41) is 15.2. The van der Waals surface area contributed by atoms with E-state index in [1.807, 2.05) is 0 Å². The smallest absolute Gasteiger partial charge is 0.270 e. The van der Waals surface area contributed by atoms with Gasteiger partial charge >= 0.3 is 0 Å². The van der Waals surface area contributed by atoms with Crippen molar-refractivity contribution >= 4 is 33.3 Å². The third kappa shape index (κ3) is 5.52. The normalized spacial score (nSPS) is 11.2. The van der Waals surface area contributed by atoms with E-state index in [1.54, 1.807) is 43.5 Å². The highest BCUT2D eigenvalue weighted by Gasteiger charge is 2.22. The van der Waals surface area contributed by atoms with Crippen molar-refractivity contribution in [3.8, 4) is 11.5 Å². The Hall–Kier alpha value is -4.12. The summed E-state index contributed by atoms with van der Waals surface area (Å²) in [6, 6.07) is 16.7. The van der Waals surface area contributed by atoms with E-state index in [9.17, 15) is 18.5 Å². The van der Waals surface area contributed by atoms with Crippen LogP contribution in [0.4, 0.5) is 17.1 Å². The van der Waals surface area contributed by atoms with Gasteiger partial charge in [-0.2, -0.15) is 5.10 Å². The van der Waals surface area contributed by atoms with Gasteiger partial charge in [0, 0.05) is 17.8 Å². The van der Waals surface area contributed by atoms with Crippen molar-refractivity contribution in [3.05, 3.63) is 82.4 Å². The van der Waals surface area contributed by atoms with E-state index in [0.717, 1.165) is 11.6 Å². The molecule has 3 aromatic rings. The fourth-order valence-electron chi connectivity index (χ4n) is 2.67. The molecule has 0 aliphatic carbocycles. The summed E-state index contributed by atoms with van der Waals surface area (Å²) < 4.78 is 38.5. The molecule has 0 spiro atoms. The summed E-state index contributed by atoms with van der Waals surface area (Å²) in [7, 11) is -1.12. The van der Waals surface area contributed by atoms with Crippen molar-refractivity contribution in [3.63, 3.8) is 0 Å². The highest BCUT2D eigenvalue weighted by Crippen LogP contribution is 2.29. The van der Waals surface area contributed by atoms with Gasteiger partial charge in [0.05, 0.1) is 31.0 Å². The molecule has 0 saturated carbocycles. The summed E-state index contributed by atoms with van der Waals surface area (Å²) in [5.74, 6) is 1.24. The number of non-ortho nitro benzene ring substituents is 1. The molecule has 3 aromatic carbocycles. The second-order valence-electron chi connectivity index (χ2n) is 6.41. The minimum atomic E-state index is -4.17. The summed E-state index contributed by atoms with van der Waals surface area (Å²) in [6.07, 6.45) is 1.48. The van der Waals surface area contributed by atoms with E-state index < -0.39 is 14.9 Å². The van der Waals surface area contributed by atoms with Gasteiger partial charge in [-0.25, -0.2) is 8.42 Å². The first kappa shape index (κ1) is 22.6. The average molecular weight is 456 g/mol. The van der Waals surface area contributed by atoms with E-state index in [2.05, 4.69) is 15.2 Å². The molecule has 10 nitrogen and oxygen atoms in total. The molecular formula is C21H20N4O6S. The van der Waals surface area contributed by atoms with Crippen LogP contribution in [0.2, 0.25) is 0 Å². The van der Waals surface area contributed by atoms with Crippen LogP contribution >= 0.6 is 0 Å². The fourth-order valence-corrected chi connectivity index (χ4v) is 3.91. The number of nitro groups is 1. The van der Waals surface area contributed by atoms with Gasteiger partial charge in [0.15, 0.2) is 0 Å². The van der Waals surface area contributed by atoms with Crippen molar-refractivity contribution in [2.24, 2.45) is 5.10 Å². The molecule has 3 rings (SSSR count). The van der Waals surface area contributed by atoms with Gasteiger partial charge in [-0.15, -0.1) is 0 Å². The Bertz CT molecular complexity index is 1230. The second kappa shape index (κ2) is 9.79. The number of nitro benzene ring substituents is 1. The Balaban J connectivity index is 1.88. The molecule has 0 unspecified atom stereocenters. The van der Waals surface area contributed by atoms with Crippen LogP contribution in [-0.4, -0.2) is 33.8 Å². The van der Waals surface area contributed by atoms with E-state index in [4.69, 9.17) is 9.47 Å². The zero-order valence-corrected chi connectivity index (χ0v) is 18.0. The first-order valence-electron chi connectivity index (χ1n) is 9.21. The summed E-state index contributed by atoms with van der Waals surface area (Å²) in [5.41, 5.74) is 3.35. The second-order valence-corrected chi connectivity index (χ2v) is 8.07. The molecule has 32 heavy (non-hydrogen) atoms. The molecule has 0 aliphatic rings. The van der Waals surface area contributed by atoms with Gasteiger partial charge in [-0.3, -0.25) is 20.3 Å². The Morgan fingerprint density at radius 3 is 2.09 bits per heavy atom. The molecule has 0 amide bonds. The lowest BCUT2D eigenvalue weighted by Gasteiger charge is -2.12. The standard InChI is InChI=1S/C21H20N4O6S/c1-30-18-8-3-15(4-9-18)14-22-23-20-12-7-17(25(26)27)13-21(20)32(28,29)24-16-5-10-19(31-2)11-6-16/h3-14,23-24H,1-2H3/b22-14+. The SMILES string of the molecule is COc1ccc(/C=N/Nc2ccc([N+](=O)[O-])cc2S(=O)(=O)Nc2ccc(OC)cc2)cc1. The zero-order valence-electron chi connectivity index (χ0n) is 17.2. The van der Waals surface area contributed by atoms with Crippen LogP contribution in [0, 0.1) is 10.1 Å². The van der Waals surface area contributed by atoms with Gasteiger partial charge in [0.1, 0.15) is 16.4 Å². The Kier molecular flexibility index (Phi) is 6.90. The molecule has 0 aliphatic heterocycles. The Labute approximate surface area is 184 Å². The monoisotopic (exact) mass is 456 g/mol. The van der Waals surface area contributed by atoms with Crippen molar-refractivity contribution in [2.75, 3.05) is 24.4 Å². The average Bonchev–Trinajstić information content (AvgIpc) is 2.79. The van der Waals surface area contributed by atoms with Crippen LogP contribution in [0.15, 0.2) is 76.7 Å². The number of methoxy groups -OCH3 is 2. The summed E-state index contributed by atoms with van der Waals surface area (Å²) >= 11 is 0. The number of nitrogens with zero attached hydrogens (tertiary/aromatic N) is 2. The number of nitrogens with one attached hydrogen (secondary N) is 2. The third-order valence-corrected chi connectivity index (χ3v) is 5.74. The molecule has 0 radical (unpaired) electrons. The number of anilines is 2. The highest BCUT2D eigenvalue weighted by atomic mass is 32.2. The van der Waals surface area contributed by atoms with Crippen LogP contribution in [-0.2, 0) is 10.0 Å². The predicted octanol–water partition coefficient (Wildman–Crippen LogP) is 3.86. The van der Waals surface area contributed by atoms with E-state index in [0.29, 0.717) is 11.5 Å². The topological polar surface area (TPSA) is 132 Å². The lowest BCUT2D eigenvalue weighted by molar-refractivity contribution is -0.385. The van der Waals surface area contributed by atoms with Crippen molar-refractivity contribution in [1.82, 2.24) is 0 Å². The minimum absolute atomic E-state index is 0.0707. The molecule has 2 N–H and O–H groups in total. The number of ether oxygens (including phenoxy) is 2. The third-order valence-electron chi connectivity index (χ3n) is 4.32. The Morgan fingerprint density at radius 1 is 0.938 bits per heavy atom. The first-order chi connectivity index (χ1) is 15.3. The lowest BCUT2D eigenvalue weighted by atomic mass is 10.2. The van der Waals surface area contributed by atoms with Gasteiger partial charge in [-0.05, 0) is 60.2 Å². The van der Waals surface area contributed by atoms with Crippen LogP contribution < -0.4 is 19.6 Å². The molecule has 11 heteroatoms. The molecule has 0 aromatic heterocycles. The maximum Gasteiger partial charge on any atom is 0.270 e. The largest absolute Gasteiger partial charge is 0.497 e. The van der Waals surface area contributed by atoms with Gasteiger partial charge in [0.25, 0.3) is 15.7 Å². The van der Waals surface area contributed by atoms with Gasteiger partial charge < -0.3 is 9.47 Å². The number of hydrazone groups is 1. The lowest BCUT2D eigenvalue weighted by Crippen LogP contribution is -2.15. The number of rotatable bonds is 9. The van der Waals surface area contributed by atoms with Gasteiger partial charge in [0.2, 0.25) is 0 Å². The fraction of sp³-hybridized carbons (Fsp3) is 0.0952. The van der Waals surface area contributed by atoms with Crippen LogP contribution in [0.1, 0.15) is 5.56 Å². The van der Waals surface area contributed by atoms with Crippen molar-refractivity contribution in [1.29, 1.82) is 0 Å². The molecule has 0 saturated heterocycles. The Morgan fingerprint density at radius 2 is 1.53 bits per heavy atom. The molecule has 0 heterocycles. The quantitative estimate of drug-likeness (QED) is 0.284. The van der Waals surface area contributed by atoms with Crippen LogP contribution in [0.3, 0.4) is 0 Å². The molecule has 0 fully saturated rings. The predicted molar refractivity (Wildman–Crippen MR) is 121 cm³/mol. The van der Waals surface area contributed by atoms with E-state index in [1.165, 1.54) is 37.6 Å². The van der Waals surface area contributed by atoms with Crippen molar-refractivity contribution in [2.45, 2.75) is 4.90 Å². The molecule has 166 valence electrons. The summed E-state index contributed by atoms with van der Waals surface area (Å²) in [6.45, 7) is 0. The van der Waals surface area contributed by atoms with Gasteiger partial charge in [-0.1, -0.05) is 0 Å². The van der Waals surface area contributed by atoms with E-state index >= 15 is 0 Å². The summed E-state index contributed by atoms with van der Waals surface area (Å²) in [4.78, 5) is 10.2. The highest BCUT2D eigenvalue weighted by molar-refractivity contribution is 7.92. The van der Waals surface area contributed by atoms with Crippen LogP contribution in [0.25, 0.3) is 0 Å². The number of hydrogen-bond donors (Lipinski definition) is 2. The number of benzene rings is 3. The maximum atomic E-state index is 13.0. The zero-order chi connectivity index (χ0) is 23.1. The number of sulfonamides is 1. The minimum Gasteiger partial charge on any atom is -0.497 e. The van der Waals surface area contributed by atoms with Crippen LogP contribution in [0.5, 0.6) is 11.5 Å². The molecule has 0 atom stereocenters. The molecule has 0 bridgehead atoms. The molecular weight excluding hydrogens is 436 g/mol. The van der Waals surface area contributed by atoms with E-state index in [-0.39, 0.29) is 22.0 Å². The van der Waals surface area contributed by atoms with Crippen molar-refractivity contribution < 1.29 is 22.8 Å².